The molecule has 0 aliphatic rings. The van der Waals surface area contributed by atoms with Gasteiger partial charge in [0.25, 0.3) is 0 Å². The zero-order chi connectivity index (χ0) is 10.8. The largest absolute Gasteiger partial charge is 0.426 e. The molecule has 0 aliphatic heterocycles. The lowest BCUT2D eigenvalue weighted by Gasteiger charge is -2.04. The zero-order valence-electron chi connectivity index (χ0n) is 8.03. The Balaban J connectivity index is 2.60. The van der Waals surface area contributed by atoms with E-state index in [1.54, 1.807) is 6.07 Å². The fourth-order valence-electron chi connectivity index (χ4n) is 1.34. The van der Waals surface area contributed by atoms with Gasteiger partial charge in [-0.15, -0.1) is 0 Å². The topological polar surface area (TPSA) is 39.2 Å². The molecular formula is C11H8FNO2. The number of aromatic nitrogens is 1. The molecule has 1 heterocycles. The summed E-state index contributed by atoms with van der Waals surface area (Å²) in [6, 6.07) is 5.71. The Morgan fingerprint density at radius 1 is 1.40 bits per heavy atom. The number of carbonyl (C=O) groups excluding carboxylic acids is 1. The number of hydrogen-bond donors (Lipinski definition) is 0. The standard InChI is InChI=1S/C11H8FNO2/c1-7(14)15-11-4-5-13-10-6-8(12)2-3-9(10)11/h2-6H,1H3. The Hall–Kier alpha value is -1.97. The van der Waals surface area contributed by atoms with Crippen LogP contribution in [0.25, 0.3) is 10.9 Å². The van der Waals surface area contributed by atoms with Gasteiger partial charge in [-0.05, 0) is 18.2 Å². The maximum Gasteiger partial charge on any atom is 0.308 e. The number of halogens is 1. The van der Waals surface area contributed by atoms with Crippen molar-refractivity contribution >= 4 is 16.9 Å². The van der Waals surface area contributed by atoms with Crippen LogP contribution in [0, 0.1) is 5.82 Å². The number of benzene rings is 1. The van der Waals surface area contributed by atoms with Crippen LogP contribution >= 0.6 is 0 Å². The molecule has 0 unspecified atom stereocenters. The second-order valence-electron chi connectivity index (χ2n) is 3.06. The molecule has 3 nitrogen and oxygen atoms in total. The van der Waals surface area contributed by atoms with E-state index in [0.29, 0.717) is 16.7 Å². The lowest BCUT2D eigenvalue weighted by molar-refractivity contribution is -0.131. The first-order valence-corrected chi connectivity index (χ1v) is 4.39. The molecule has 1 aromatic carbocycles. The quantitative estimate of drug-likeness (QED) is 0.670. The van der Waals surface area contributed by atoms with Gasteiger partial charge in [-0.2, -0.15) is 0 Å². The highest BCUT2D eigenvalue weighted by atomic mass is 19.1. The van der Waals surface area contributed by atoms with Gasteiger partial charge in [0.1, 0.15) is 11.6 Å². The van der Waals surface area contributed by atoms with Crippen molar-refractivity contribution in [3.63, 3.8) is 0 Å². The first kappa shape index (κ1) is 9.58. The maximum absolute atomic E-state index is 12.9. The molecule has 15 heavy (non-hydrogen) atoms. The number of nitrogens with zero attached hydrogens (tertiary/aromatic N) is 1. The lowest BCUT2D eigenvalue weighted by atomic mass is 10.2. The smallest absolute Gasteiger partial charge is 0.308 e. The number of hydrogen-bond acceptors (Lipinski definition) is 3. The highest BCUT2D eigenvalue weighted by Crippen LogP contribution is 2.24. The van der Waals surface area contributed by atoms with Gasteiger partial charge in [0.05, 0.1) is 5.52 Å². The molecule has 0 saturated carbocycles. The minimum atomic E-state index is -0.410. The van der Waals surface area contributed by atoms with E-state index in [2.05, 4.69) is 4.98 Å². The molecule has 0 atom stereocenters. The first-order chi connectivity index (χ1) is 7.16. The van der Waals surface area contributed by atoms with Crippen LogP contribution in [0.1, 0.15) is 6.92 Å². The fraction of sp³-hybridized carbons (Fsp3) is 0.0909. The van der Waals surface area contributed by atoms with Crippen molar-refractivity contribution in [3.05, 3.63) is 36.3 Å². The highest BCUT2D eigenvalue weighted by Gasteiger charge is 2.05. The number of pyridine rings is 1. The molecule has 0 bridgehead atoms. The van der Waals surface area contributed by atoms with Gasteiger partial charge in [-0.1, -0.05) is 0 Å². The van der Waals surface area contributed by atoms with E-state index in [9.17, 15) is 9.18 Å². The summed E-state index contributed by atoms with van der Waals surface area (Å²) in [5.74, 6) is -0.380. The summed E-state index contributed by atoms with van der Waals surface area (Å²) in [6.45, 7) is 1.32. The van der Waals surface area contributed by atoms with Crippen molar-refractivity contribution in [3.8, 4) is 5.75 Å². The monoisotopic (exact) mass is 205 g/mol. The highest BCUT2D eigenvalue weighted by molar-refractivity contribution is 5.87. The normalized spacial score (nSPS) is 10.3. The van der Waals surface area contributed by atoms with E-state index < -0.39 is 5.97 Å². The number of esters is 1. The second-order valence-corrected chi connectivity index (χ2v) is 3.06. The summed E-state index contributed by atoms with van der Waals surface area (Å²) in [7, 11) is 0. The molecule has 76 valence electrons. The van der Waals surface area contributed by atoms with Crippen molar-refractivity contribution < 1.29 is 13.9 Å². The van der Waals surface area contributed by atoms with E-state index in [4.69, 9.17) is 4.74 Å². The third-order valence-electron chi connectivity index (χ3n) is 1.92. The summed E-state index contributed by atoms with van der Waals surface area (Å²) < 4.78 is 17.8. The Labute approximate surface area is 85.5 Å². The molecule has 4 heteroatoms. The number of rotatable bonds is 1. The van der Waals surface area contributed by atoms with Crippen molar-refractivity contribution in [2.75, 3.05) is 0 Å². The Kier molecular flexibility index (Phi) is 2.33. The molecule has 0 aliphatic carbocycles. The summed E-state index contributed by atoms with van der Waals surface area (Å²) in [4.78, 5) is 14.8. The minimum Gasteiger partial charge on any atom is -0.426 e. The fourth-order valence-corrected chi connectivity index (χ4v) is 1.34. The van der Waals surface area contributed by atoms with Crippen molar-refractivity contribution in [2.24, 2.45) is 0 Å². The van der Waals surface area contributed by atoms with Crippen molar-refractivity contribution in [1.82, 2.24) is 4.98 Å². The van der Waals surface area contributed by atoms with E-state index in [-0.39, 0.29) is 5.82 Å². The number of fused-ring (bicyclic) bond motifs is 1. The van der Waals surface area contributed by atoms with Crippen molar-refractivity contribution in [2.45, 2.75) is 6.92 Å². The van der Waals surface area contributed by atoms with Gasteiger partial charge in [-0.3, -0.25) is 9.78 Å². The Morgan fingerprint density at radius 3 is 2.93 bits per heavy atom. The molecule has 2 rings (SSSR count). The van der Waals surface area contributed by atoms with Crippen molar-refractivity contribution in [1.29, 1.82) is 0 Å². The number of ether oxygens (including phenoxy) is 1. The molecule has 0 saturated heterocycles. The minimum absolute atomic E-state index is 0.366. The summed E-state index contributed by atoms with van der Waals surface area (Å²) >= 11 is 0. The van der Waals surface area contributed by atoms with Crippen LogP contribution in [0.5, 0.6) is 5.75 Å². The molecule has 2 aromatic rings. The summed E-state index contributed by atoms with van der Waals surface area (Å²) in [6.07, 6.45) is 1.47. The SMILES string of the molecule is CC(=O)Oc1ccnc2cc(F)ccc12. The molecule has 0 amide bonds. The van der Waals surface area contributed by atoms with Crippen LogP contribution in [-0.2, 0) is 4.79 Å². The molecule has 0 spiro atoms. The van der Waals surface area contributed by atoms with Gasteiger partial charge in [0, 0.05) is 24.6 Å². The van der Waals surface area contributed by atoms with Gasteiger partial charge in [0.15, 0.2) is 0 Å². The Morgan fingerprint density at radius 2 is 2.20 bits per heavy atom. The average Bonchev–Trinajstić information content (AvgIpc) is 2.16. The lowest BCUT2D eigenvalue weighted by Crippen LogP contribution is -2.02. The second kappa shape index (κ2) is 3.65. The van der Waals surface area contributed by atoms with Crippen LogP contribution in [0.3, 0.4) is 0 Å². The van der Waals surface area contributed by atoms with E-state index in [1.807, 2.05) is 0 Å². The molecule has 0 N–H and O–H groups in total. The van der Waals surface area contributed by atoms with Gasteiger partial charge in [0.2, 0.25) is 0 Å². The molecule has 1 aromatic heterocycles. The molecule has 0 fully saturated rings. The van der Waals surface area contributed by atoms with Gasteiger partial charge >= 0.3 is 5.97 Å². The summed E-state index contributed by atoms with van der Waals surface area (Å²) in [5.41, 5.74) is 0.466. The van der Waals surface area contributed by atoms with Crippen LogP contribution in [0.2, 0.25) is 0 Å². The predicted octanol–water partition coefficient (Wildman–Crippen LogP) is 2.30. The van der Waals surface area contributed by atoms with Crippen LogP contribution in [0.4, 0.5) is 4.39 Å². The van der Waals surface area contributed by atoms with E-state index in [1.165, 1.54) is 31.3 Å². The maximum atomic E-state index is 12.9. The molecular weight excluding hydrogens is 197 g/mol. The van der Waals surface area contributed by atoms with Gasteiger partial charge in [-0.25, -0.2) is 4.39 Å². The predicted molar refractivity (Wildman–Crippen MR) is 53.0 cm³/mol. The van der Waals surface area contributed by atoms with Gasteiger partial charge < -0.3 is 4.74 Å². The van der Waals surface area contributed by atoms with E-state index in [0.717, 1.165) is 0 Å². The first-order valence-electron chi connectivity index (χ1n) is 4.39. The van der Waals surface area contributed by atoms with Crippen LogP contribution in [0.15, 0.2) is 30.5 Å². The third kappa shape index (κ3) is 1.93. The average molecular weight is 205 g/mol. The molecule has 0 radical (unpaired) electrons. The van der Waals surface area contributed by atoms with E-state index >= 15 is 0 Å². The number of carbonyl (C=O) groups is 1. The summed E-state index contributed by atoms with van der Waals surface area (Å²) in [5, 5.41) is 0.620. The van der Waals surface area contributed by atoms with Crippen LogP contribution in [-0.4, -0.2) is 11.0 Å². The zero-order valence-corrected chi connectivity index (χ0v) is 8.03. The van der Waals surface area contributed by atoms with Crippen LogP contribution < -0.4 is 4.74 Å². The Bertz CT molecular complexity index is 525. The third-order valence-corrected chi connectivity index (χ3v) is 1.92.